The maximum absolute atomic E-state index is 11.2. The Bertz CT molecular complexity index is 796. The minimum absolute atomic E-state index is 0.000745. The number of nitrogens with zero attached hydrogens (tertiary/aromatic N) is 1. The number of rotatable bonds is 5. The van der Waals surface area contributed by atoms with Crippen LogP contribution in [0, 0.1) is 0 Å². The molecule has 8 heteroatoms. The topological polar surface area (TPSA) is 89.6 Å². The van der Waals surface area contributed by atoms with Crippen molar-refractivity contribution >= 4 is 40.2 Å². The monoisotopic (exact) mass is 347 g/mol. The van der Waals surface area contributed by atoms with Crippen LogP contribution in [0.3, 0.4) is 0 Å². The van der Waals surface area contributed by atoms with E-state index in [0.717, 1.165) is 17.2 Å². The molecule has 0 aliphatic carbocycles. The predicted octanol–water partition coefficient (Wildman–Crippen LogP) is 2.36. The molecule has 7 nitrogen and oxygen atoms in total. The highest BCUT2D eigenvalue weighted by molar-refractivity contribution is 7.96. The number of amides is 2. The van der Waals surface area contributed by atoms with Crippen molar-refractivity contribution in [3.05, 3.63) is 24.4 Å². The highest BCUT2D eigenvalue weighted by atomic mass is 32.1. The Kier molecular flexibility index (Phi) is 4.75. The van der Waals surface area contributed by atoms with Gasteiger partial charge in [0, 0.05) is 18.0 Å². The molecule has 1 aromatic heterocycles. The average Bonchev–Trinajstić information content (AvgIpc) is 2.97. The van der Waals surface area contributed by atoms with Crippen LogP contribution in [0.15, 0.2) is 24.4 Å². The summed E-state index contributed by atoms with van der Waals surface area (Å²) >= 11 is 3.72. The Morgan fingerprint density at radius 3 is 3.00 bits per heavy atom. The SMILES string of the molecule is COc1cc2c(OC[C@@H]3CCC(=O)N3)nccc2cc1NC(=O)S. The van der Waals surface area contributed by atoms with Gasteiger partial charge in [0.15, 0.2) is 0 Å². The van der Waals surface area contributed by atoms with Gasteiger partial charge in [-0.1, -0.05) is 12.6 Å². The van der Waals surface area contributed by atoms with Crippen LogP contribution in [0.25, 0.3) is 10.8 Å². The smallest absolute Gasteiger partial charge is 0.280 e. The lowest BCUT2D eigenvalue weighted by Crippen LogP contribution is -2.31. The predicted molar refractivity (Wildman–Crippen MR) is 93.0 cm³/mol. The van der Waals surface area contributed by atoms with Crippen molar-refractivity contribution in [3.63, 3.8) is 0 Å². The fourth-order valence-electron chi connectivity index (χ4n) is 2.65. The first-order valence-corrected chi connectivity index (χ1v) is 7.90. The van der Waals surface area contributed by atoms with Crippen LogP contribution in [0.5, 0.6) is 11.6 Å². The number of pyridine rings is 1. The van der Waals surface area contributed by atoms with E-state index in [2.05, 4.69) is 28.2 Å². The number of methoxy groups -OCH3 is 1. The number of ether oxygens (including phenoxy) is 2. The Morgan fingerprint density at radius 1 is 1.50 bits per heavy atom. The normalized spacial score (nSPS) is 16.8. The molecule has 0 spiro atoms. The first-order chi connectivity index (χ1) is 11.6. The molecule has 3 rings (SSSR count). The summed E-state index contributed by atoms with van der Waals surface area (Å²) in [6.07, 6.45) is 2.91. The van der Waals surface area contributed by atoms with Crippen molar-refractivity contribution < 1.29 is 19.1 Å². The van der Waals surface area contributed by atoms with Gasteiger partial charge in [0.1, 0.15) is 12.4 Å². The second kappa shape index (κ2) is 6.96. The zero-order valence-electron chi connectivity index (χ0n) is 13.0. The third-order valence-corrected chi connectivity index (χ3v) is 3.91. The highest BCUT2D eigenvalue weighted by Crippen LogP contribution is 2.34. The third kappa shape index (κ3) is 3.53. The van der Waals surface area contributed by atoms with Gasteiger partial charge in [0.05, 0.1) is 18.8 Å². The molecule has 2 aromatic rings. The molecular weight excluding hydrogens is 330 g/mol. The lowest BCUT2D eigenvalue weighted by atomic mass is 10.1. The quantitative estimate of drug-likeness (QED) is 0.723. The van der Waals surface area contributed by atoms with Gasteiger partial charge in [-0.2, -0.15) is 0 Å². The second-order valence-corrected chi connectivity index (χ2v) is 5.84. The van der Waals surface area contributed by atoms with Crippen molar-refractivity contribution in [2.24, 2.45) is 0 Å². The lowest BCUT2D eigenvalue weighted by molar-refractivity contribution is -0.119. The van der Waals surface area contributed by atoms with Gasteiger partial charge < -0.3 is 20.1 Å². The number of hydrogen-bond donors (Lipinski definition) is 3. The van der Waals surface area contributed by atoms with E-state index in [-0.39, 0.29) is 11.9 Å². The number of thiol groups is 1. The van der Waals surface area contributed by atoms with Crippen LogP contribution < -0.4 is 20.1 Å². The number of fused-ring (bicyclic) bond motifs is 1. The van der Waals surface area contributed by atoms with Crippen LogP contribution in [-0.2, 0) is 4.79 Å². The molecule has 2 heterocycles. The van der Waals surface area contributed by atoms with E-state index in [0.29, 0.717) is 30.3 Å². The molecule has 1 aliphatic heterocycles. The molecule has 2 N–H and O–H groups in total. The molecule has 0 unspecified atom stereocenters. The fourth-order valence-corrected chi connectivity index (χ4v) is 2.77. The molecule has 1 aromatic carbocycles. The van der Waals surface area contributed by atoms with Gasteiger partial charge in [-0.15, -0.1) is 0 Å². The van der Waals surface area contributed by atoms with Gasteiger partial charge in [-0.3, -0.25) is 9.59 Å². The average molecular weight is 347 g/mol. The minimum atomic E-state index is -0.477. The summed E-state index contributed by atoms with van der Waals surface area (Å²) in [7, 11) is 1.51. The molecule has 2 amide bonds. The fraction of sp³-hybridized carbons (Fsp3) is 0.312. The van der Waals surface area contributed by atoms with Gasteiger partial charge >= 0.3 is 0 Å². The zero-order valence-corrected chi connectivity index (χ0v) is 13.9. The lowest BCUT2D eigenvalue weighted by Gasteiger charge is -2.15. The maximum Gasteiger partial charge on any atom is 0.280 e. The third-order valence-electron chi connectivity index (χ3n) is 3.80. The summed E-state index contributed by atoms with van der Waals surface area (Å²) < 4.78 is 11.1. The van der Waals surface area contributed by atoms with E-state index >= 15 is 0 Å². The van der Waals surface area contributed by atoms with Crippen molar-refractivity contribution in [1.82, 2.24) is 10.3 Å². The largest absolute Gasteiger partial charge is 0.495 e. The van der Waals surface area contributed by atoms with Crippen molar-refractivity contribution in [2.45, 2.75) is 18.9 Å². The molecule has 24 heavy (non-hydrogen) atoms. The Balaban J connectivity index is 1.88. The Morgan fingerprint density at radius 2 is 2.33 bits per heavy atom. The van der Waals surface area contributed by atoms with Crippen LogP contribution in [0.1, 0.15) is 12.8 Å². The van der Waals surface area contributed by atoms with Crippen LogP contribution >= 0.6 is 12.6 Å². The van der Waals surface area contributed by atoms with E-state index in [1.54, 1.807) is 18.3 Å². The molecule has 0 bridgehead atoms. The van der Waals surface area contributed by atoms with Gasteiger partial charge in [0.25, 0.3) is 5.24 Å². The van der Waals surface area contributed by atoms with Gasteiger partial charge in [-0.05, 0) is 30.0 Å². The number of carbonyl (C=O) groups excluding carboxylic acids is 2. The summed E-state index contributed by atoms with van der Waals surface area (Å²) in [4.78, 5) is 26.7. The summed E-state index contributed by atoms with van der Waals surface area (Å²) in [6, 6.07) is 5.34. The van der Waals surface area contributed by atoms with E-state index in [4.69, 9.17) is 9.47 Å². The second-order valence-electron chi connectivity index (χ2n) is 5.43. The molecule has 0 radical (unpaired) electrons. The van der Waals surface area contributed by atoms with Crippen LogP contribution in [0.2, 0.25) is 0 Å². The van der Waals surface area contributed by atoms with E-state index < -0.39 is 5.24 Å². The minimum Gasteiger partial charge on any atom is -0.495 e. The maximum atomic E-state index is 11.2. The van der Waals surface area contributed by atoms with Crippen LogP contribution in [-0.4, -0.2) is 35.9 Å². The molecule has 126 valence electrons. The summed E-state index contributed by atoms with van der Waals surface area (Å²) in [6.45, 7) is 0.356. The molecule has 1 atom stereocenters. The molecule has 1 aliphatic rings. The van der Waals surface area contributed by atoms with E-state index in [1.165, 1.54) is 7.11 Å². The number of carbonyl (C=O) groups is 2. The number of hydrogen-bond acceptors (Lipinski definition) is 5. The molecule has 1 fully saturated rings. The summed E-state index contributed by atoms with van der Waals surface area (Å²) in [5.41, 5.74) is 0.519. The molecular formula is C16H17N3O4S. The van der Waals surface area contributed by atoms with Gasteiger partial charge in [-0.25, -0.2) is 4.98 Å². The first kappa shape index (κ1) is 16.4. The Hall–Kier alpha value is -2.48. The zero-order chi connectivity index (χ0) is 17.1. The Labute approximate surface area is 144 Å². The number of nitrogens with one attached hydrogen (secondary N) is 2. The molecule has 1 saturated heterocycles. The highest BCUT2D eigenvalue weighted by Gasteiger charge is 2.21. The first-order valence-electron chi connectivity index (χ1n) is 7.45. The number of aromatic nitrogens is 1. The van der Waals surface area contributed by atoms with Crippen molar-refractivity contribution in [2.75, 3.05) is 19.0 Å². The van der Waals surface area contributed by atoms with Crippen LogP contribution in [0.4, 0.5) is 10.5 Å². The van der Waals surface area contributed by atoms with E-state index in [1.807, 2.05) is 6.07 Å². The summed E-state index contributed by atoms with van der Waals surface area (Å²) in [5.74, 6) is 0.982. The van der Waals surface area contributed by atoms with Crippen molar-refractivity contribution in [1.29, 1.82) is 0 Å². The van der Waals surface area contributed by atoms with E-state index in [9.17, 15) is 9.59 Å². The molecule has 0 saturated carbocycles. The van der Waals surface area contributed by atoms with Crippen molar-refractivity contribution in [3.8, 4) is 11.6 Å². The summed E-state index contributed by atoms with van der Waals surface area (Å²) in [5, 5.41) is 6.59. The number of anilines is 1. The number of benzene rings is 1. The van der Waals surface area contributed by atoms with Gasteiger partial charge in [0.2, 0.25) is 11.8 Å². The standard InChI is InChI=1S/C16H17N3O4S/c1-22-13-7-11-9(6-12(13)19-16(21)24)4-5-17-15(11)23-8-10-2-3-14(20)18-10/h4-7,10H,2-3,8H2,1H3,(H,18,20)(H2,19,21,24)/t10-/m0/s1.